The maximum atomic E-state index is 13.5. The Morgan fingerprint density at radius 2 is 1.95 bits per heavy atom. The van der Waals surface area contributed by atoms with Crippen LogP contribution < -0.4 is 9.47 Å². The Hall–Kier alpha value is -1.59. The molecule has 0 aliphatic rings. The minimum atomic E-state index is -0.587. The summed E-state index contributed by atoms with van der Waals surface area (Å²) in [5.74, 6) is -0.343. The first-order valence-electron chi connectivity index (χ1n) is 5.96. The Morgan fingerprint density at radius 1 is 1.24 bits per heavy atom. The first-order valence-corrected chi connectivity index (χ1v) is 7.13. The number of carbonyl (C=O) groups excluding carboxylic acids is 1. The molecule has 0 unspecified atom stereocenters. The summed E-state index contributed by atoms with van der Waals surface area (Å²) in [6.45, 7) is -0.202. The van der Waals surface area contributed by atoms with E-state index < -0.39 is 5.82 Å². The number of hydrogen-bond acceptors (Lipinski definition) is 3. The van der Waals surface area contributed by atoms with Gasteiger partial charge in [0, 0.05) is 10.6 Å². The molecule has 0 radical (unpaired) electrons. The number of carbonyl (C=O) groups is 1. The molecule has 0 N–H and O–H groups in total. The van der Waals surface area contributed by atoms with Crippen molar-refractivity contribution in [2.75, 3.05) is 13.7 Å². The van der Waals surface area contributed by atoms with E-state index in [9.17, 15) is 9.18 Å². The summed E-state index contributed by atoms with van der Waals surface area (Å²) < 4.78 is 24.4. The lowest BCUT2D eigenvalue weighted by atomic mass is 10.1. The fraction of sp³-hybridized carbons (Fsp3) is 0.133. The molecule has 3 nitrogen and oxygen atoms in total. The summed E-state index contributed by atoms with van der Waals surface area (Å²) in [7, 11) is 1.36. The molecule has 0 bridgehead atoms. The zero-order chi connectivity index (χ0) is 15.4. The summed E-state index contributed by atoms with van der Waals surface area (Å²) in [6, 6.07) is 8.98. The van der Waals surface area contributed by atoms with Crippen molar-refractivity contribution in [1.82, 2.24) is 0 Å². The van der Waals surface area contributed by atoms with Crippen LogP contribution in [0.1, 0.15) is 10.4 Å². The lowest BCUT2D eigenvalue weighted by molar-refractivity contribution is 0.0920. The van der Waals surface area contributed by atoms with E-state index in [2.05, 4.69) is 15.9 Å². The molecule has 21 heavy (non-hydrogen) atoms. The molecule has 110 valence electrons. The Bertz CT molecular complexity index is 676. The summed E-state index contributed by atoms with van der Waals surface area (Å²) in [5.41, 5.74) is 0.221. The molecule has 0 atom stereocenters. The molecule has 2 rings (SSSR count). The van der Waals surface area contributed by atoms with Crippen molar-refractivity contribution in [1.29, 1.82) is 0 Å². The largest absolute Gasteiger partial charge is 0.494 e. The molecule has 0 aliphatic heterocycles. The molecule has 0 fully saturated rings. The highest BCUT2D eigenvalue weighted by Gasteiger charge is 2.12. The molecule has 0 spiro atoms. The highest BCUT2D eigenvalue weighted by Crippen LogP contribution is 2.28. The number of halogens is 3. The smallest absolute Gasteiger partial charge is 0.200 e. The normalized spacial score (nSPS) is 10.3. The lowest BCUT2D eigenvalue weighted by Crippen LogP contribution is -2.12. The zero-order valence-corrected chi connectivity index (χ0v) is 13.4. The van der Waals surface area contributed by atoms with E-state index in [0.717, 1.165) is 6.07 Å². The van der Waals surface area contributed by atoms with Crippen LogP contribution in [0.25, 0.3) is 0 Å². The van der Waals surface area contributed by atoms with Gasteiger partial charge in [-0.05, 0) is 52.3 Å². The molecule has 2 aromatic rings. The average molecular weight is 374 g/mol. The maximum absolute atomic E-state index is 13.5. The summed E-state index contributed by atoms with van der Waals surface area (Å²) in [5, 5.41) is 0.553. The molecule has 0 saturated carbocycles. The SMILES string of the molecule is COc1ccc(C(=O)COc2ccc(Cl)cc2Br)cc1F. The van der Waals surface area contributed by atoms with Crippen LogP contribution in [-0.4, -0.2) is 19.5 Å². The quantitative estimate of drug-likeness (QED) is 0.723. The third kappa shape index (κ3) is 3.95. The minimum absolute atomic E-state index is 0.0907. The summed E-state index contributed by atoms with van der Waals surface area (Å²) in [4.78, 5) is 12.0. The number of ketones is 1. The molecular formula is C15H11BrClFO3. The molecule has 0 aliphatic carbocycles. The Balaban J connectivity index is 2.06. The number of benzene rings is 2. The number of ether oxygens (including phenoxy) is 2. The first kappa shape index (κ1) is 15.8. The van der Waals surface area contributed by atoms with Crippen LogP contribution in [0.2, 0.25) is 5.02 Å². The third-order valence-electron chi connectivity index (χ3n) is 2.73. The van der Waals surface area contributed by atoms with Crippen molar-refractivity contribution in [2.45, 2.75) is 0 Å². The van der Waals surface area contributed by atoms with Gasteiger partial charge in [-0.2, -0.15) is 0 Å². The van der Waals surface area contributed by atoms with Crippen molar-refractivity contribution in [3.8, 4) is 11.5 Å². The van der Waals surface area contributed by atoms with Gasteiger partial charge >= 0.3 is 0 Å². The first-order chi connectivity index (χ1) is 10.0. The van der Waals surface area contributed by atoms with Gasteiger partial charge in [-0.3, -0.25) is 4.79 Å². The van der Waals surface area contributed by atoms with Crippen LogP contribution in [0.15, 0.2) is 40.9 Å². The molecular weight excluding hydrogens is 363 g/mol. The number of methoxy groups -OCH3 is 1. The molecule has 0 amide bonds. The van der Waals surface area contributed by atoms with Crippen LogP contribution in [0.5, 0.6) is 11.5 Å². The Labute approximate surface area is 134 Å². The van der Waals surface area contributed by atoms with E-state index in [-0.39, 0.29) is 23.7 Å². The summed E-state index contributed by atoms with van der Waals surface area (Å²) in [6.07, 6.45) is 0. The van der Waals surface area contributed by atoms with E-state index in [4.69, 9.17) is 21.1 Å². The Kier molecular flexibility index (Phi) is 5.20. The lowest BCUT2D eigenvalue weighted by Gasteiger charge is -2.08. The van der Waals surface area contributed by atoms with Gasteiger partial charge in [0.25, 0.3) is 0 Å². The fourth-order valence-corrected chi connectivity index (χ4v) is 2.46. The second-order valence-electron chi connectivity index (χ2n) is 4.14. The van der Waals surface area contributed by atoms with Gasteiger partial charge in [-0.25, -0.2) is 4.39 Å². The number of Topliss-reactive ketones (excluding diaryl/α,β-unsaturated/α-hetero) is 1. The van der Waals surface area contributed by atoms with Crippen molar-refractivity contribution in [3.63, 3.8) is 0 Å². The van der Waals surface area contributed by atoms with E-state index >= 15 is 0 Å². The summed E-state index contributed by atoms with van der Waals surface area (Å²) >= 11 is 9.10. The minimum Gasteiger partial charge on any atom is -0.494 e. The van der Waals surface area contributed by atoms with Crippen molar-refractivity contribution in [2.24, 2.45) is 0 Å². The number of rotatable bonds is 5. The third-order valence-corrected chi connectivity index (χ3v) is 3.58. The zero-order valence-electron chi connectivity index (χ0n) is 11.0. The maximum Gasteiger partial charge on any atom is 0.200 e. The van der Waals surface area contributed by atoms with E-state index in [1.165, 1.54) is 19.2 Å². The monoisotopic (exact) mass is 372 g/mol. The van der Waals surface area contributed by atoms with Gasteiger partial charge in [-0.1, -0.05) is 11.6 Å². The fourth-order valence-electron chi connectivity index (χ4n) is 1.66. The predicted molar refractivity (Wildman–Crippen MR) is 81.9 cm³/mol. The van der Waals surface area contributed by atoms with Gasteiger partial charge in [0.1, 0.15) is 5.75 Å². The van der Waals surface area contributed by atoms with E-state index in [1.54, 1.807) is 18.2 Å². The second kappa shape index (κ2) is 6.91. The van der Waals surface area contributed by atoms with Gasteiger partial charge in [-0.15, -0.1) is 0 Å². The van der Waals surface area contributed by atoms with Crippen LogP contribution in [0.3, 0.4) is 0 Å². The molecule has 2 aromatic carbocycles. The van der Waals surface area contributed by atoms with Crippen LogP contribution in [0.4, 0.5) is 4.39 Å². The molecule has 0 heterocycles. The van der Waals surface area contributed by atoms with Crippen LogP contribution in [0, 0.1) is 5.82 Å². The van der Waals surface area contributed by atoms with E-state index in [0.29, 0.717) is 15.2 Å². The number of hydrogen-bond donors (Lipinski definition) is 0. The van der Waals surface area contributed by atoms with Crippen LogP contribution in [-0.2, 0) is 0 Å². The topological polar surface area (TPSA) is 35.5 Å². The van der Waals surface area contributed by atoms with Crippen molar-refractivity contribution >= 4 is 33.3 Å². The van der Waals surface area contributed by atoms with Crippen LogP contribution >= 0.6 is 27.5 Å². The van der Waals surface area contributed by atoms with Gasteiger partial charge in [0.05, 0.1) is 11.6 Å². The average Bonchev–Trinajstić information content (AvgIpc) is 2.46. The van der Waals surface area contributed by atoms with Gasteiger partial charge < -0.3 is 9.47 Å². The highest BCUT2D eigenvalue weighted by molar-refractivity contribution is 9.10. The standard InChI is InChI=1S/C15H11BrClFO3/c1-20-15-4-2-9(6-12(15)18)13(19)8-21-14-5-3-10(17)7-11(14)16/h2-7H,8H2,1H3. The van der Waals surface area contributed by atoms with Crippen molar-refractivity contribution in [3.05, 3.63) is 57.3 Å². The highest BCUT2D eigenvalue weighted by atomic mass is 79.9. The van der Waals surface area contributed by atoms with Crippen molar-refractivity contribution < 1.29 is 18.7 Å². The molecule has 6 heteroatoms. The van der Waals surface area contributed by atoms with E-state index in [1.807, 2.05) is 0 Å². The Morgan fingerprint density at radius 3 is 2.57 bits per heavy atom. The molecule has 0 aromatic heterocycles. The second-order valence-corrected chi connectivity index (χ2v) is 5.43. The predicted octanol–water partition coefficient (Wildman–Crippen LogP) is 4.51. The van der Waals surface area contributed by atoms with Gasteiger partial charge in [0.2, 0.25) is 0 Å². The van der Waals surface area contributed by atoms with Gasteiger partial charge in [0.15, 0.2) is 24.0 Å². The molecule has 0 saturated heterocycles.